The standard InChI is InChI=1S/C11H17F3N2O/c12-11(13,14)8-3-1-2-4-9(8)16-10(17)7-5-15-6-7/h7-9,15H,1-6H2,(H,16,17). The summed E-state index contributed by atoms with van der Waals surface area (Å²) in [6.45, 7) is 1.16. The molecule has 2 atom stereocenters. The molecule has 2 fully saturated rings. The van der Waals surface area contributed by atoms with E-state index in [9.17, 15) is 18.0 Å². The van der Waals surface area contributed by atoms with E-state index in [0.29, 0.717) is 25.9 Å². The van der Waals surface area contributed by atoms with Crippen molar-refractivity contribution in [1.29, 1.82) is 0 Å². The Hall–Kier alpha value is -0.780. The van der Waals surface area contributed by atoms with Gasteiger partial charge in [-0.1, -0.05) is 12.8 Å². The molecule has 2 unspecified atom stereocenters. The lowest BCUT2D eigenvalue weighted by Crippen LogP contribution is -2.55. The van der Waals surface area contributed by atoms with Gasteiger partial charge in [0.1, 0.15) is 0 Å². The van der Waals surface area contributed by atoms with Crippen molar-refractivity contribution in [3.63, 3.8) is 0 Å². The van der Waals surface area contributed by atoms with Crippen LogP contribution >= 0.6 is 0 Å². The van der Waals surface area contributed by atoms with Gasteiger partial charge in [0.2, 0.25) is 5.91 Å². The van der Waals surface area contributed by atoms with Crippen LogP contribution in [0.3, 0.4) is 0 Å². The smallest absolute Gasteiger partial charge is 0.352 e. The van der Waals surface area contributed by atoms with Crippen LogP contribution < -0.4 is 10.6 Å². The minimum atomic E-state index is -4.20. The van der Waals surface area contributed by atoms with Gasteiger partial charge in [-0.05, 0) is 12.8 Å². The average molecular weight is 250 g/mol. The first-order chi connectivity index (χ1) is 7.98. The molecule has 1 aliphatic carbocycles. The van der Waals surface area contributed by atoms with Crippen LogP contribution in [0.1, 0.15) is 25.7 Å². The zero-order valence-corrected chi connectivity index (χ0v) is 9.52. The Labute approximate surface area is 98.1 Å². The number of amides is 1. The van der Waals surface area contributed by atoms with E-state index in [-0.39, 0.29) is 18.2 Å². The van der Waals surface area contributed by atoms with Gasteiger partial charge in [-0.15, -0.1) is 0 Å². The fourth-order valence-corrected chi connectivity index (χ4v) is 2.47. The van der Waals surface area contributed by atoms with Crippen molar-refractivity contribution in [3.05, 3.63) is 0 Å². The summed E-state index contributed by atoms with van der Waals surface area (Å²) >= 11 is 0. The van der Waals surface area contributed by atoms with E-state index in [4.69, 9.17) is 0 Å². The van der Waals surface area contributed by atoms with Crippen LogP contribution in [0.2, 0.25) is 0 Å². The summed E-state index contributed by atoms with van der Waals surface area (Å²) in [5.41, 5.74) is 0. The van der Waals surface area contributed by atoms with E-state index in [1.807, 2.05) is 0 Å². The van der Waals surface area contributed by atoms with Crippen molar-refractivity contribution < 1.29 is 18.0 Å². The van der Waals surface area contributed by atoms with Gasteiger partial charge in [0.25, 0.3) is 0 Å². The number of hydrogen-bond acceptors (Lipinski definition) is 2. The molecule has 0 aromatic carbocycles. The second kappa shape index (κ2) is 4.84. The summed E-state index contributed by atoms with van der Waals surface area (Å²) in [4.78, 5) is 11.6. The molecule has 17 heavy (non-hydrogen) atoms. The van der Waals surface area contributed by atoms with Crippen LogP contribution in [0.25, 0.3) is 0 Å². The number of carbonyl (C=O) groups excluding carboxylic acids is 1. The third kappa shape index (κ3) is 2.91. The Morgan fingerprint density at radius 2 is 1.82 bits per heavy atom. The van der Waals surface area contributed by atoms with Gasteiger partial charge in [0.05, 0.1) is 11.8 Å². The molecule has 3 nitrogen and oxygen atoms in total. The third-order valence-electron chi connectivity index (χ3n) is 3.67. The summed E-state index contributed by atoms with van der Waals surface area (Å²) in [6, 6.07) is -0.725. The second-order valence-electron chi connectivity index (χ2n) is 4.90. The molecule has 1 heterocycles. The van der Waals surface area contributed by atoms with Crippen LogP contribution in [0, 0.1) is 11.8 Å². The van der Waals surface area contributed by atoms with E-state index in [0.717, 1.165) is 6.42 Å². The van der Waals surface area contributed by atoms with E-state index >= 15 is 0 Å². The van der Waals surface area contributed by atoms with Crippen LogP contribution in [-0.2, 0) is 4.79 Å². The molecule has 2 N–H and O–H groups in total. The van der Waals surface area contributed by atoms with Gasteiger partial charge < -0.3 is 10.6 Å². The van der Waals surface area contributed by atoms with Crippen molar-refractivity contribution in [2.24, 2.45) is 11.8 Å². The Bertz CT molecular complexity index is 289. The largest absolute Gasteiger partial charge is 0.393 e. The molecule has 6 heteroatoms. The van der Waals surface area contributed by atoms with Crippen molar-refractivity contribution >= 4 is 5.91 Å². The predicted molar refractivity (Wildman–Crippen MR) is 56.3 cm³/mol. The highest BCUT2D eigenvalue weighted by molar-refractivity contribution is 5.80. The van der Waals surface area contributed by atoms with Crippen LogP contribution in [0.15, 0.2) is 0 Å². The zero-order valence-electron chi connectivity index (χ0n) is 9.52. The fraction of sp³-hybridized carbons (Fsp3) is 0.909. The maximum Gasteiger partial charge on any atom is 0.393 e. The van der Waals surface area contributed by atoms with Crippen LogP contribution in [0.4, 0.5) is 13.2 Å². The zero-order chi connectivity index (χ0) is 12.5. The van der Waals surface area contributed by atoms with Gasteiger partial charge in [-0.3, -0.25) is 4.79 Å². The Morgan fingerprint density at radius 1 is 1.18 bits per heavy atom. The molecule has 1 amide bonds. The maximum absolute atomic E-state index is 12.8. The predicted octanol–water partition coefficient (Wildman–Crippen LogP) is 1.44. The van der Waals surface area contributed by atoms with Gasteiger partial charge in [-0.2, -0.15) is 13.2 Å². The number of hydrogen-bond donors (Lipinski definition) is 2. The highest BCUT2D eigenvalue weighted by Gasteiger charge is 2.46. The lowest BCUT2D eigenvalue weighted by molar-refractivity contribution is -0.189. The topological polar surface area (TPSA) is 41.1 Å². The molecular weight excluding hydrogens is 233 g/mol. The molecule has 0 radical (unpaired) electrons. The van der Waals surface area contributed by atoms with Crippen LogP contribution in [-0.4, -0.2) is 31.2 Å². The first-order valence-electron chi connectivity index (χ1n) is 6.06. The molecule has 98 valence electrons. The number of alkyl halides is 3. The van der Waals surface area contributed by atoms with Gasteiger partial charge in [0.15, 0.2) is 0 Å². The number of rotatable bonds is 2. The molecule has 0 bridgehead atoms. The van der Waals surface area contributed by atoms with E-state index in [2.05, 4.69) is 10.6 Å². The second-order valence-corrected chi connectivity index (χ2v) is 4.90. The quantitative estimate of drug-likeness (QED) is 0.778. The minimum Gasteiger partial charge on any atom is -0.352 e. The Morgan fingerprint density at radius 3 is 2.35 bits per heavy atom. The fourth-order valence-electron chi connectivity index (χ4n) is 2.47. The highest BCUT2D eigenvalue weighted by Crippen LogP contribution is 2.37. The van der Waals surface area contributed by atoms with E-state index in [1.165, 1.54) is 0 Å². The first-order valence-corrected chi connectivity index (χ1v) is 6.06. The Kier molecular flexibility index (Phi) is 3.61. The first kappa shape index (κ1) is 12.7. The lowest BCUT2D eigenvalue weighted by Gasteiger charge is -2.35. The average Bonchev–Trinajstić information content (AvgIpc) is 2.13. The van der Waals surface area contributed by atoms with Crippen molar-refractivity contribution in [3.8, 4) is 0 Å². The highest BCUT2D eigenvalue weighted by atomic mass is 19.4. The van der Waals surface area contributed by atoms with Crippen molar-refractivity contribution in [2.45, 2.75) is 37.9 Å². The monoisotopic (exact) mass is 250 g/mol. The maximum atomic E-state index is 12.8. The third-order valence-corrected chi connectivity index (χ3v) is 3.67. The number of halogens is 3. The minimum absolute atomic E-state index is 0.136. The van der Waals surface area contributed by atoms with Crippen molar-refractivity contribution in [2.75, 3.05) is 13.1 Å². The molecule has 2 aliphatic rings. The molecule has 1 saturated carbocycles. The molecule has 0 aromatic heterocycles. The number of carbonyl (C=O) groups is 1. The molecular formula is C11H17F3N2O. The summed E-state index contributed by atoms with van der Waals surface area (Å²) in [5, 5.41) is 5.52. The summed E-state index contributed by atoms with van der Waals surface area (Å²) in [7, 11) is 0. The SMILES string of the molecule is O=C(NC1CCCCC1C(F)(F)F)C1CNC1. The van der Waals surface area contributed by atoms with Crippen molar-refractivity contribution in [1.82, 2.24) is 10.6 Å². The Balaban J connectivity index is 1.94. The van der Waals surface area contributed by atoms with E-state index < -0.39 is 18.1 Å². The molecule has 1 saturated heterocycles. The number of nitrogens with one attached hydrogen (secondary N) is 2. The normalized spacial score (nSPS) is 30.8. The van der Waals surface area contributed by atoms with Gasteiger partial charge in [0, 0.05) is 19.1 Å². The van der Waals surface area contributed by atoms with Gasteiger partial charge in [-0.25, -0.2) is 0 Å². The van der Waals surface area contributed by atoms with Crippen LogP contribution in [0.5, 0.6) is 0 Å². The summed E-state index contributed by atoms with van der Waals surface area (Å²) in [5.74, 6) is -1.75. The lowest BCUT2D eigenvalue weighted by atomic mass is 9.83. The molecule has 0 spiro atoms. The summed E-state index contributed by atoms with van der Waals surface area (Å²) in [6.07, 6.45) is -2.26. The van der Waals surface area contributed by atoms with Gasteiger partial charge >= 0.3 is 6.18 Å². The molecule has 0 aromatic rings. The van der Waals surface area contributed by atoms with E-state index in [1.54, 1.807) is 0 Å². The summed E-state index contributed by atoms with van der Waals surface area (Å²) < 4.78 is 38.3. The molecule has 2 rings (SSSR count). The molecule has 1 aliphatic heterocycles.